The standard InChI is InChI=1S/C18H19N7OS/c1-4-19-18(26)15-11(2)7-14(27-15)23-16-17-21-9-13(25(17)6-5-20-16)12-8-22-24(3)10-12/h5-10H,4H2,1-3H3,(H,19,26)(H,20,23). The molecule has 0 aliphatic heterocycles. The van der Waals surface area contributed by atoms with Crippen LogP contribution in [0.5, 0.6) is 0 Å². The average Bonchev–Trinajstić information content (AvgIpc) is 3.34. The molecule has 4 rings (SSSR count). The topological polar surface area (TPSA) is 89.1 Å². The fourth-order valence-corrected chi connectivity index (χ4v) is 3.89. The molecule has 0 spiro atoms. The van der Waals surface area contributed by atoms with Crippen LogP contribution < -0.4 is 10.6 Å². The van der Waals surface area contributed by atoms with Gasteiger partial charge in [-0.15, -0.1) is 11.3 Å². The quantitative estimate of drug-likeness (QED) is 0.555. The molecular formula is C18H19N7OS. The summed E-state index contributed by atoms with van der Waals surface area (Å²) < 4.78 is 3.73. The molecular weight excluding hydrogens is 362 g/mol. The number of aryl methyl sites for hydroxylation is 2. The second kappa shape index (κ2) is 6.84. The SMILES string of the molecule is CCNC(=O)c1sc(Nc2nccn3c(-c4cnn(C)c4)cnc23)cc1C. The highest BCUT2D eigenvalue weighted by Gasteiger charge is 2.15. The highest BCUT2D eigenvalue weighted by Crippen LogP contribution is 2.30. The summed E-state index contributed by atoms with van der Waals surface area (Å²) in [5.41, 5.74) is 3.56. The van der Waals surface area contributed by atoms with Crippen molar-refractivity contribution in [3.8, 4) is 11.3 Å². The number of nitrogens with zero attached hydrogens (tertiary/aromatic N) is 5. The molecule has 0 aliphatic carbocycles. The van der Waals surface area contributed by atoms with Crippen molar-refractivity contribution in [2.45, 2.75) is 13.8 Å². The third kappa shape index (κ3) is 3.17. The average molecular weight is 381 g/mol. The molecule has 0 aromatic carbocycles. The molecule has 4 heterocycles. The molecule has 8 nitrogen and oxygen atoms in total. The Morgan fingerprint density at radius 1 is 1.30 bits per heavy atom. The summed E-state index contributed by atoms with van der Waals surface area (Å²) in [4.78, 5) is 21.8. The first kappa shape index (κ1) is 17.2. The third-order valence-electron chi connectivity index (χ3n) is 4.13. The summed E-state index contributed by atoms with van der Waals surface area (Å²) in [6, 6.07) is 1.95. The first-order chi connectivity index (χ1) is 13.1. The molecule has 9 heteroatoms. The van der Waals surface area contributed by atoms with E-state index in [9.17, 15) is 4.79 Å². The number of hydrogen-bond acceptors (Lipinski definition) is 6. The van der Waals surface area contributed by atoms with Crippen LogP contribution >= 0.6 is 11.3 Å². The maximum atomic E-state index is 12.1. The van der Waals surface area contributed by atoms with Gasteiger partial charge in [0.15, 0.2) is 11.5 Å². The van der Waals surface area contributed by atoms with Crippen LogP contribution in [0.3, 0.4) is 0 Å². The van der Waals surface area contributed by atoms with Crippen LogP contribution in [0.15, 0.2) is 37.1 Å². The van der Waals surface area contributed by atoms with Crippen LogP contribution in [-0.4, -0.2) is 36.6 Å². The minimum atomic E-state index is -0.0566. The van der Waals surface area contributed by atoms with Gasteiger partial charge in [-0.05, 0) is 25.5 Å². The molecule has 0 atom stereocenters. The Morgan fingerprint density at radius 2 is 2.15 bits per heavy atom. The van der Waals surface area contributed by atoms with Crippen molar-refractivity contribution in [1.29, 1.82) is 0 Å². The van der Waals surface area contributed by atoms with E-state index in [-0.39, 0.29) is 5.91 Å². The van der Waals surface area contributed by atoms with E-state index >= 15 is 0 Å². The smallest absolute Gasteiger partial charge is 0.261 e. The number of imidazole rings is 1. The molecule has 0 fully saturated rings. The zero-order chi connectivity index (χ0) is 19.0. The van der Waals surface area contributed by atoms with Crippen molar-refractivity contribution < 1.29 is 4.79 Å². The van der Waals surface area contributed by atoms with Crippen molar-refractivity contribution in [3.63, 3.8) is 0 Å². The number of thiophene rings is 1. The molecule has 138 valence electrons. The summed E-state index contributed by atoms with van der Waals surface area (Å²) in [7, 11) is 1.88. The monoisotopic (exact) mass is 381 g/mol. The number of anilines is 2. The summed E-state index contributed by atoms with van der Waals surface area (Å²) in [5, 5.41) is 11.2. The lowest BCUT2D eigenvalue weighted by Crippen LogP contribution is -2.22. The fourth-order valence-electron chi connectivity index (χ4n) is 2.90. The normalized spacial score (nSPS) is 11.1. The Bertz CT molecular complexity index is 1120. The summed E-state index contributed by atoms with van der Waals surface area (Å²) >= 11 is 1.40. The molecule has 2 N–H and O–H groups in total. The van der Waals surface area contributed by atoms with Crippen molar-refractivity contribution in [3.05, 3.63) is 47.5 Å². The van der Waals surface area contributed by atoms with Crippen molar-refractivity contribution >= 4 is 33.7 Å². The molecule has 4 aromatic heterocycles. The first-order valence-electron chi connectivity index (χ1n) is 8.53. The Labute approximate surface area is 159 Å². The number of hydrogen-bond donors (Lipinski definition) is 2. The van der Waals surface area contributed by atoms with Gasteiger partial charge in [0.05, 0.1) is 28.0 Å². The Balaban J connectivity index is 1.68. The number of fused-ring (bicyclic) bond motifs is 1. The largest absolute Gasteiger partial charge is 0.352 e. The molecule has 0 radical (unpaired) electrons. The van der Waals surface area contributed by atoms with Crippen LogP contribution in [0, 0.1) is 6.92 Å². The summed E-state index contributed by atoms with van der Waals surface area (Å²) in [6.07, 6.45) is 9.15. The van der Waals surface area contributed by atoms with Gasteiger partial charge in [0.2, 0.25) is 0 Å². The van der Waals surface area contributed by atoms with Gasteiger partial charge in [-0.25, -0.2) is 9.97 Å². The van der Waals surface area contributed by atoms with Gasteiger partial charge >= 0.3 is 0 Å². The zero-order valence-electron chi connectivity index (χ0n) is 15.2. The fraction of sp³-hybridized carbons (Fsp3) is 0.222. The second-order valence-corrected chi connectivity index (χ2v) is 7.18. The van der Waals surface area contributed by atoms with Gasteiger partial charge in [0.1, 0.15) is 0 Å². The van der Waals surface area contributed by atoms with E-state index in [4.69, 9.17) is 0 Å². The Kier molecular flexibility index (Phi) is 4.36. The predicted octanol–water partition coefficient (Wildman–Crippen LogP) is 2.99. The lowest BCUT2D eigenvalue weighted by atomic mass is 10.3. The van der Waals surface area contributed by atoms with E-state index in [2.05, 4.69) is 25.7 Å². The number of aromatic nitrogens is 5. The van der Waals surface area contributed by atoms with Gasteiger partial charge in [-0.1, -0.05) is 0 Å². The van der Waals surface area contributed by atoms with Crippen LogP contribution in [-0.2, 0) is 7.05 Å². The number of amides is 1. The van der Waals surface area contributed by atoms with Crippen LogP contribution in [0.4, 0.5) is 10.8 Å². The minimum absolute atomic E-state index is 0.0566. The van der Waals surface area contributed by atoms with Crippen LogP contribution in [0.2, 0.25) is 0 Å². The lowest BCUT2D eigenvalue weighted by molar-refractivity contribution is 0.0959. The van der Waals surface area contributed by atoms with Gasteiger partial charge < -0.3 is 10.6 Å². The molecule has 0 aliphatic rings. The highest BCUT2D eigenvalue weighted by molar-refractivity contribution is 7.18. The minimum Gasteiger partial charge on any atom is -0.352 e. The second-order valence-electron chi connectivity index (χ2n) is 6.12. The lowest BCUT2D eigenvalue weighted by Gasteiger charge is -2.05. The predicted molar refractivity (Wildman–Crippen MR) is 106 cm³/mol. The molecule has 4 aromatic rings. The van der Waals surface area contributed by atoms with E-state index in [1.54, 1.807) is 23.3 Å². The summed E-state index contributed by atoms with van der Waals surface area (Å²) in [6.45, 7) is 4.43. The molecule has 0 saturated heterocycles. The maximum Gasteiger partial charge on any atom is 0.261 e. The van der Waals surface area contributed by atoms with Gasteiger partial charge in [0.25, 0.3) is 5.91 Å². The van der Waals surface area contributed by atoms with Crippen molar-refractivity contribution in [2.24, 2.45) is 7.05 Å². The summed E-state index contributed by atoms with van der Waals surface area (Å²) in [5.74, 6) is 0.579. The molecule has 0 bridgehead atoms. The third-order valence-corrected chi connectivity index (χ3v) is 5.28. The van der Waals surface area contributed by atoms with Crippen molar-refractivity contribution in [1.82, 2.24) is 29.5 Å². The van der Waals surface area contributed by atoms with E-state index in [0.717, 1.165) is 21.8 Å². The van der Waals surface area contributed by atoms with Crippen molar-refractivity contribution in [2.75, 3.05) is 11.9 Å². The van der Waals surface area contributed by atoms with E-state index < -0.39 is 0 Å². The molecule has 0 unspecified atom stereocenters. The van der Waals surface area contributed by atoms with Gasteiger partial charge in [-0.3, -0.25) is 13.9 Å². The zero-order valence-corrected chi connectivity index (χ0v) is 16.0. The van der Waals surface area contributed by atoms with Crippen LogP contribution in [0.1, 0.15) is 22.2 Å². The van der Waals surface area contributed by atoms with Crippen LogP contribution in [0.25, 0.3) is 16.9 Å². The maximum absolute atomic E-state index is 12.1. The number of nitrogens with one attached hydrogen (secondary N) is 2. The molecule has 1 amide bonds. The number of carbonyl (C=O) groups excluding carboxylic acids is 1. The molecule has 27 heavy (non-hydrogen) atoms. The van der Waals surface area contributed by atoms with Gasteiger partial charge in [-0.2, -0.15) is 5.10 Å². The van der Waals surface area contributed by atoms with E-state index in [1.165, 1.54) is 11.3 Å². The Hall–Kier alpha value is -3.20. The van der Waals surface area contributed by atoms with E-state index in [1.807, 2.05) is 43.8 Å². The first-order valence-corrected chi connectivity index (χ1v) is 9.35. The number of rotatable bonds is 5. The van der Waals surface area contributed by atoms with Gasteiger partial charge in [0, 0.05) is 37.7 Å². The highest BCUT2D eigenvalue weighted by atomic mass is 32.1. The number of carbonyl (C=O) groups is 1. The van der Waals surface area contributed by atoms with E-state index in [0.29, 0.717) is 22.9 Å². The Morgan fingerprint density at radius 3 is 2.89 bits per heavy atom. The molecule has 0 saturated carbocycles.